The summed E-state index contributed by atoms with van der Waals surface area (Å²) in [5.41, 5.74) is 0. The van der Waals surface area contributed by atoms with Crippen molar-refractivity contribution in [1.82, 2.24) is 0 Å². The Bertz CT molecular complexity index is 639. The summed E-state index contributed by atoms with van der Waals surface area (Å²) in [7, 11) is -2.82. The Morgan fingerprint density at radius 1 is 0.560 bits per heavy atom. The van der Waals surface area contributed by atoms with E-state index in [4.69, 9.17) is 0 Å². The zero-order valence-corrected chi connectivity index (χ0v) is 20.5. The van der Waals surface area contributed by atoms with E-state index in [0.717, 1.165) is 0 Å². The minimum atomic E-state index is -1.23. The molecule has 0 bridgehead atoms. The van der Waals surface area contributed by atoms with Gasteiger partial charge in [-0.3, -0.25) is 0 Å². The van der Waals surface area contributed by atoms with Gasteiger partial charge in [0.15, 0.2) is 0 Å². The quantitative estimate of drug-likeness (QED) is 0.512. The van der Waals surface area contributed by atoms with Gasteiger partial charge in [-0.05, 0) is 23.7 Å². The summed E-state index contributed by atoms with van der Waals surface area (Å²) in [5.74, 6) is 0. The number of hydrogen-bond donors (Lipinski definition) is 0. The minimum absolute atomic E-state index is 0.261. The van der Waals surface area contributed by atoms with Gasteiger partial charge in [-0.15, -0.1) is 0 Å². The van der Waals surface area contributed by atoms with Gasteiger partial charge in [0.05, 0.1) is 16.1 Å². The molecule has 2 aromatic rings. The van der Waals surface area contributed by atoms with Crippen LogP contribution < -0.4 is 21.0 Å². The summed E-state index contributed by atoms with van der Waals surface area (Å²) in [6.45, 7) is 21.7. The maximum absolute atomic E-state index is 2.42. The molecule has 25 heavy (non-hydrogen) atoms. The van der Waals surface area contributed by atoms with Crippen molar-refractivity contribution in [3.05, 3.63) is 48.5 Å². The fourth-order valence-electron chi connectivity index (χ4n) is 3.14. The second-order valence-corrected chi connectivity index (χ2v) is 23.3. The van der Waals surface area contributed by atoms with Crippen molar-refractivity contribution in [2.24, 2.45) is 0 Å². The van der Waals surface area contributed by atoms with E-state index in [1.807, 2.05) is 0 Å². The third-order valence-corrected chi connectivity index (χ3v) is 11.8. The van der Waals surface area contributed by atoms with Crippen molar-refractivity contribution < 1.29 is 0 Å². The summed E-state index contributed by atoms with van der Waals surface area (Å²) in [6, 6.07) is 19.2. The first kappa shape index (κ1) is 20.6. The Morgan fingerprint density at radius 2 is 0.840 bits per heavy atom. The van der Waals surface area contributed by atoms with Crippen LogP contribution in [0.3, 0.4) is 0 Å². The standard InChI is InChI=1S/C22H35PSi2/c1-22(2,3)23(18-10-14-20(15-11-18)24(4,5)6)19-12-16-21(17-13-19)25(7,8)9/h10-17H,1-9H3. The lowest BCUT2D eigenvalue weighted by Gasteiger charge is -2.33. The Balaban J connectivity index is 2.44. The fourth-order valence-corrected chi connectivity index (χ4v) is 8.22. The molecular weight excluding hydrogens is 351 g/mol. The first-order valence-corrected chi connectivity index (χ1v) is 17.7. The van der Waals surface area contributed by atoms with Crippen LogP contribution in [0.1, 0.15) is 20.8 Å². The molecule has 0 nitrogen and oxygen atoms in total. The normalized spacial score (nSPS) is 13.4. The van der Waals surface area contributed by atoms with Gasteiger partial charge in [0.1, 0.15) is 0 Å². The largest absolute Gasteiger partial charge is 0.0775 e. The molecule has 0 saturated carbocycles. The smallest absolute Gasteiger partial charge is 0.0656 e. The summed E-state index contributed by atoms with van der Waals surface area (Å²) in [4.78, 5) is 0. The van der Waals surface area contributed by atoms with Crippen LogP contribution >= 0.6 is 7.92 Å². The van der Waals surface area contributed by atoms with E-state index in [2.05, 4.69) is 109 Å². The van der Waals surface area contributed by atoms with Crippen molar-refractivity contribution in [3.63, 3.8) is 0 Å². The molecule has 3 heteroatoms. The predicted octanol–water partition coefficient (Wildman–Crippen LogP) is 5.01. The zero-order chi connectivity index (χ0) is 19.0. The van der Waals surface area contributed by atoms with E-state index in [1.165, 1.54) is 10.6 Å². The second kappa shape index (κ2) is 7.14. The maximum Gasteiger partial charge on any atom is 0.0775 e. The zero-order valence-electron chi connectivity index (χ0n) is 17.6. The molecule has 0 radical (unpaired) electrons. The Kier molecular flexibility index (Phi) is 5.88. The Morgan fingerprint density at radius 3 is 1.04 bits per heavy atom. The molecule has 0 atom stereocenters. The molecule has 0 amide bonds. The van der Waals surface area contributed by atoms with Crippen LogP contribution in [0.15, 0.2) is 48.5 Å². The van der Waals surface area contributed by atoms with Crippen molar-refractivity contribution in [2.45, 2.75) is 65.2 Å². The Labute approximate surface area is 158 Å². The maximum atomic E-state index is 2.42. The molecule has 0 fully saturated rings. The third kappa shape index (κ3) is 5.15. The van der Waals surface area contributed by atoms with E-state index in [9.17, 15) is 0 Å². The highest BCUT2D eigenvalue weighted by atomic mass is 31.1. The van der Waals surface area contributed by atoms with Gasteiger partial charge in [-0.25, -0.2) is 0 Å². The topological polar surface area (TPSA) is 0 Å². The van der Waals surface area contributed by atoms with E-state index in [0.29, 0.717) is 0 Å². The van der Waals surface area contributed by atoms with Gasteiger partial charge in [-0.1, -0.05) is 119 Å². The van der Waals surface area contributed by atoms with Gasteiger partial charge >= 0.3 is 0 Å². The molecular formula is C22H35PSi2. The average molecular weight is 387 g/mol. The van der Waals surface area contributed by atoms with E-state index >= 15 is 0 Å². The van der Waals surface area contributed by atoms with Gasteiger partial charge in [0.2, 0.25) is 0 Å². The molecule has 0 unspecified atom stereocenters. The summed E-state index contributed by atoms with van der Waals surface area (Å²) < 4.78 is 0. The van der Waals surface area contributed by atoms with Crippen LogP contribution in [0.5, 0.6) is 0 Å². The van der Waals surface area contributed by atoms with Crippen LogP contribution in [0.4, 0.5) is 0 Å². The number of benzene rings is 2. The molecule has 0 aliphatic carbocycles. The SMILES string of the molecule is CC(C)(C)P(c1ccc([Si](C)(C)C)cc1)c1ccc([Si](C)(C)C)cc1. The van der Waals surface area contributed by atoms with Gasteiger partial charge < -0.3 is 0 Å². The van der Waals surface area contributed by atoms with Crippen LogP contribution in [0.25, 0.3) is 0 Å². The van der Waals surface area contributed by atoms with Crippen LogP contribution in [0.2, 0.25) is 39.3 Å². The molecule has 136 valence electrons. The molecule has 0 saturated heterocycles. The van der Waals surface area contributed by atoms with Crippen LogP contribution in [-0.2, 0) is 0 Å². The molecule has 2 aromatic carbocycles. The summed E-state index contributed by atoms with van der Waals surface area (Å²) in [6.07, 6.45) is 0. The van der Waals surface area contributed by atoms with Gasteiger partial charge in [0, 0.05) is 0 Å². The highest BCUT2D eigenvalue weighted by molar-refractivity contribution is 7.74. The third-order valence-electron chi connectivity index (χ3n) is 4.65. The lowest BCUT2D eigenvalue weighted by molar-refractivity contribution is 0.793. The van der Waals surface area contributed by atoms with E-state index in [1.54, 1.807) is 10.4 Å². The number of rotatable bonds is 4. The molecule has 0 spiro atoms. The van der Waals surface area contributed by atoms with E-state index < -0.39 is 16.1 Å². The molecule has 0 N–H and O–H groups in total. The lowest BCUT2D eigenvalue weighted by atomic mass is 10.3. The minimum Gasteiger partial charge on any atom is -0.0656 e. The van der Waals surface area contributed by atoms with E-state index in [-0.39, 0.29) is 13.1 Å². The van der Waals surface area contributed by atoms with Gasteiger partial charge in [-0.2, -0.15) is 0 Å². The predicted molar refractivity (Wildman–Crippen MR) is 125 cm³/mol. The van der Waals surface area contributed by atoms with Crippen molar-refractivity contribution >= 4 is 45.1 Å². The van der Waals surface area contributed by atoms with Crippen molar-refractivity contribution in [2.75, 3.05) is 0 Å². The monoisotopic (exact) mass is 386 g/mol. The fraction of sp³-hybridized carbons (Fsp3) is 0.455. The first-order chi connectivity index (χ1) is 11.3. The highest BCUT2D eigenvalue weighted by Gasteiger charge is 2.28. The summed E-state index contributed by atoms with van der Waals surface area (Å²) >= 11 is 0. The first-order valence-electron chi connectivity index (χ1n) is 9.31. The average Bonchev–Trinajstić information content (AvgIpc) is 2.45. The molecule has 2 rings (SSSR count). The Hall–Kier alpha value is -0.696. The molecule has 0 aliphatic heterocycles. The molecule has 0 aromatic heterocycles. The second-order valence-electron chi connectivity index (χ2n) is 10.1. The van der Waals surface area contributed by atoms with Gasteiger partial charge in [0.25, 0.3) is 0 Å². The van der Waals surface area contributed by atoms with Crippen LogP contribution in [0, 0.1) is 0 Å². The van der Waals surface area contributed by atoms with Crippen molar-refractivity contribution in [1.29, 1.82) is 0 Å². The molecule has 0 heterocycles. The lowest BCUT2D eigenvalue weighted by Crippen LogP contribution is -2.39. The van der Waals surface area contributed by atoms with Crippen molar-refractivity contribution in [3.8, 4) is 0 Å². The van der Waals surface area contributed by atoms with Crippen LogP contribution in [-0.4, -0.2) is 21.3 Å². The molecule has 0 aliphatic rings. The number of hydrogen-bond acceptors (Lipinski definition) is 0. The summed E-state index contributed by atoms with van der Waals surface area (Å²) in [5, 5.41) is 6.37. The highest BCUT2D eigenvalue weighted by Crippen LogP contribution is 2.47.